The molecule has 2 saturated heterocycles. The van der Waals surface area contributed by atoms with Crippen LogP contribution < -0.4 is 15.4 Å². The molecule has 0 aromatic heterocycles. The van der Waals surface area contributed by atoms with Crippen LogP contribution in [0, 0.1) is 6.92 Å². The lowest BCUT2D eigenvalue weighted by molar-refractivity contribution is -0.130. The zero-order valence-electron chi connectivity index (χ0n) is 19.6. The molecule has 2 aliphatic rings. The van der Waals surface area contributed by atoms with Gasteiger partial charge in [-0.05, 0) is 25.5 Å². The fourth-order valence-electron chi connectivity index (χ4n) is 3.81. The molecular formula is C23H38IN5O3. The van der Waals surface area contributed by atoms with E-state index >= 15 is 0 Å². The highest BCUT2D eigenvalue weighted by Crippen LogP contribution is 2.24. The molecule has 0 saturated carbocycles. The quantitative estimate of drug-likeness (QED) is 0.289. The van der Waals surface area contributed by atoms with Crippen molar-refractivity contribution in [2.45, 2.75) is 39.8 Å². The Labute approximate surface area is 209 Å². The number of hydrogen-bond acceptors (Lipinski definition) is 5. The topological polar surface area (TPSA) is 78.4 Å². The molecule has 0 spiro atoms. The fraction of sp³-hybridized carbons (Fsp3) is 0.652. The number of piperazine rings is 1. The van der Waals surface area contributed by atoms with Gasteiger partial charge in [-0.15, -0.1) is 24.0 Å². The van der Waals surface area contributed by atoms with Crippen LogP contribution in [0.2, 0.25) is 0 Å². The van der Waals surface area contributed by atoms with E-state index in [9.17, 15) is 4.79 Å². The van der Waals surface area contributed by atoms with Crippen molar-refractivity contribution in [1.29, 1.82) is 0 Å². The second kappa shape index (κ2) is 13.8. The Hall–Kier alpha value is -1.59. The van der Waals surface area contributed by atoms with Crippen molar-refractivity contribution in [2.75, 3.05) is 59.0 Å². The predicted octanol–water partition coefficient (Wildman–Crippen LogP) is 2.00. The van der Waals surface area contributed by atoms with Crippen molar-refractivity contribution in [2.24, 2.45) is 4.99 Å². The SMILES string of the molecule is CCNC(=NCc1ccc(C)cc1OC1CCOC1)NCCN1CCN(C(C)=O)CC1.I. The van der Waals surface area contributed by atoms with Crippen molar-refractivity contribution in [3.63, 3.8) is 0 Å². The van der Waals surface area contributed by atoms with Gasteiger partial charge in [0.15, 0.2) is 5.96 Å². The van der Waals surface area contributed by atoms with Gasteiger partial charge in [0, 0.05) is 64.7 Å². The van der Waals surface area contributed by atoms with Gasteiger partial charge < -0.3 is 25.0 Å². The van der Waals surface area contributed by atoms with Crippen molar-refractivity contribution in [3.8, 4) is 5.75 Å². The lowest BCUT2D eigenvalue weighted by Crippen LogP contribution is -2.50. The van der Waals surface area contributed by atoms with Gasteiger partial charge in [-0.1, -0.05) is 12.1 Å². The van der Waals surface area contributed by atoms with Gasteiger partial charge in [-0.25, -0.2) is 4.99 Å². The van der Waals surface area contributed by atoms with E-state index in [2.05, 4.69) is 47.6 Å². The zero-order valence-corrected chi connectivity index (χ0v) is 21.9. The smallest absolute Gasteiger partial charge is 0.219 e. The average Bonchev–Trinajstić information content (AvgIpc) is 3.26. The van der Waals surface area contributed by atoms with E-state index in [1.54, 1.807) is 6.92 Å². The van der Waals surface area contributed by atoms with E-state index in [0.29, 0.717) is 13.2 Å². The Morgan fingerprint density at radius 1 is 1.25 bits per heavy atom. The number of aliphatic imine (C=N–C) groups is 1. The van der Waals surface area contributed by atoms with Gasteiger partial charge in [0.25, 0.3) is 0 Å². The number of rotatable bonds is 8. The van der Waals surface area contributed by atoms with E-state index < -0.39 is 0 Å². The Morgan fingerprint density at radius 3 is 2.69 bits per heavy atom. The monoisotopic (exact) mass is 559 g/mol. The molecule has 0 radical (unpaired) electrons. The third-order valence-corrected chi connectivity index (χ3v) is 5.69. The van der Waals surface area contributed by atoms with Gasteiger partial charge >= 0.3 is 0 Å². The maximum absolute atomic E-state index is 11.5. The van der Waals surface area contributed by atoms with Crippen molar-refractivity contribution >= 4 is 35.8 Å². The third-order valence-electron chi connectivity index (χ3n) is 5.69. The summed E-state index contributed by atoms with van der Waals surface area (Å²) in [4.78, 5) is 20.5. The number of nitrogens with one attached hydrogen (secondary N) is 2. The van der Waals surface area contributed by atoms with Gasteiger partial charge in [-0.3, -0.25) is 9.69 Å². The first-order valence-corrected chi connectivity index (χ1v) is 11.4. The molecule has 0 aliphatic carbocycles. The number of aryl methyl sites for hydroxylation is 1. The number of nitrogens with zero attached hydrogens (tertiary/aromatic N) is 3. The van der Waals surface area contributed by atoms with Crippen LogP contribution in [0.1, 0.15) is 31.4 Å². The molecule has 180 valence electrons. The summed E-state index contributed by atoms with van der Waals surface area (Å²) in [6.07, 6.45) is 1.06. The van der Waals surface area contributed by atoms with E-state index in [4.69, 9.17) is 14.5 Å². The standard InChI is InChI=1S/C23H37N5O3.HI/c1-4-24-23(25-8-9-27-10-12-28(13-11-27)19(3)29)26-16-20-6-5-18(2)15-22(20)31-21-7-14-30-17-21;/h5-6,15,21H,4,7-14,16-17H2,1-3H3,(H2,24,25,26);1H. The highest BCUT2D eigenvalue weighted by Gasteiger charge is 2.19. The molecule has 2 heterocycles. The highest BCUT2D eigenvalue weighted by molar-refractivity contribution is 14.0. The van der Waals surface area contributed by atoms with Gasteiger partial charge in [-0.2, -0.15) is 0 Å². The molecule has 32 heavy (non-hydrogen) atoms. The minimum Gasteiger partial charge on any atom is -0.488 e. The molecule has 3 rings (SSSR count). The summed E-state index contributed by atoms with van der Waals surface area (Å²) in [5.74, 6) is 1.87. The number of hydrogen-bond donors (Lipinski definition) is 2. The van der Waals surface area contributed by atoms with Crippen molar-refractivity contribution in [3.05, 3.63) is 29.3 Å². The van der Waals surface area contributed by atoms with Gasteiger partial charge in [0.1, 0.15) is 11.9 Å². The summed E-state index contributed by atoms with van der Waals surface area (Å²) in [6.45, 7) is 13.8. The number of benzene rings is 1. The van der Waals surface area contributed by atoms with E-state index in [0.717, 1.165) is 76.1 Å². The van der Waals surface area contributed by atoms with Gasteiger partial charge in [0.05, 0.1) is 19.8 Å². The van der Waals surface area contributed by atoms with Crippen molar-refractivity contribution < 1.29 is 14.3 Å². The number of carbonyl (C=O) groups excluding carboxylic acids is 1. The lowest BCUT2D eigenvalue weighted by atomic mass is 10.1. The van der Waals surface area contributed by atoms with Crippen LogP contribution >= 0.6 is 24.0 Å². The molecule has 1 amide bonds. The normalized spacial score (nSPS) is 19.4. The van der Waals surface area contributed by atoms with Crippen LogP contribution in [-0.2, 0) is 16.1 Å². The Bertz CT molecular complexity index is 747. The third kappa shape index (κ3) is 8.40. The summed E-state index contributed by atoms with van der Waals surface area (Å²) in [7, 11) is 0. The average molecular weight is 559 g/mol. The lowest BCUT2D eigenvalue weighted by Gasteiger charge is -2.34. The van der Waals surface area contributed by atoms with E-state index in [1.807, 2.05) is 4.90 Å². The first kappa shape index (κ1) is 26.7. The predicted molar refractivity (Wildman–Crippen MR) is 138 cm³/mol. The first-order chi connectivity index (χ1) is 15.0. The Morgan fingerprint density at radius 2 is 2.03 bits per heavy atom. The Balaban J connectivity index is 0.00000363. The number of amides is 1. The number of ether oxygens (including phenoxy) is 2. The number of carbonyl (C=O) groups is 1. The summed E-state index contributed by atoms with van der Waals surface area (Å²) < 4.78 is 11.6. The second-order valence-electron chi connectivity index (χ2n) is 8.18. The van der Waals surface area contributed by atoms with Crippen molar-refractivity contribution in [1.82, 2.24) is 20.4 Å². The van der Waals surface area contributed by atoms with Gasteiger partial charge in [0.2, 0.25) is 5.91 Å². The molecular weight excluding hydrogens is 521 g/mol. The maximum atomic E-state index is 11.5. The van der Waals surface area contributed by atoms with Crippen LogP contribution in [0.3, 0.4) is 0 Å². The largest absolute Gasteiger partial charge is 0.488 e. The zero-order chi connectivity index (χ0) is 22.1. The minimum absolute atomic E-state index is 0. The van der Waals surface area contributed by atoms with Crippen LogP contribution in [0.15, 0.2) is 23.2 Å². The summed E-state index contributed by atoms with van der Waals surface area (Å²) in [6, 6.07) is 6.29. The molecule has 2 aliphatic heterocycles. The molecule has 1 aromatic rings. The second-order valence-corrected chi connectivity index (χ2v) is 8.18. The van der Waals surface area contributed by atoms with Crippen LogP contribution in [0.5, 0.6) is 5.75 Å². The minimum atomic E-state index is 0. The molecule has 1 unspecified atom stereocenters. The van der Waals surface area contributed by atoms with Crippen LogP contribution in [0.4, 0.5) is 0 Å². The van der Waals surface area contributed by atoms with Crippen LogP contribution in [-0.4, -0.2) is 86.8 Å². The maximum Gasteiger partial charge on any atom is 0.219 e. The molecule has 2 fully saturated rings. The molecule has 1 aromatic carbocycles. The first-order valence-electron chi connectivity index (χ1n) is 11.4. The molecule has 1 atom stereocenters. The van der Waals surface area contributed by atoms with E-state index in [-0.39, 0.29) is 36.0 Å². The van der Waals surface area contributed by atoms with E-state index in [1.165, 1.54) is 5.56 Å². The molecule has 0 bridgehead atoms. The molecule has 8 nitrogen and oxygen atoms in total. The fourth-order valence-corrected chi connectivity index (χ4v) is 3.81. The molecule has 9 heteroatoms. The summed E-state index contributed by atoms with van der Waals surface area (Å²) >= 11 is 0. The summed E-state index contributed by atoms with van der Waals surface area (Å²) in [5.41, 5.74) is 2.26. The Kier molecular flexibility index (Phi) is 11.5. The van der Waals surface area contributed by atoms with Crippen LogP contribution in [0.25, 0.3) is 0 Å². The summed E-state index contributed by atoms with van der Waals surface area (Å²) in [5, 5.41) is 6.76. The highest BCUT2D eigenvalue weighted by atomic mass is 127. The number of halogens is 1. The number of guanidine groups is 1. The molecule has 2 N–H and O–H groups in total.